The average molecular weight is 270 g/mol. The van der Waals surface area contributed by atoms with E-state index in [1.165, 1.54) is 0 Å². The van der Waals surface area contributed by atoms with Gasteiger partial charge in [0.2, 0.25) is 5.91 Å². The van der Waals surface area contributed by atoms with Crippen LogP contribution in [-0.4, -0.2) is 29.9 Å². The topological polar surface area (TPSA) is 72.3 Å². The highest BCUT2D eigenvalue weighted by molar-refractivity contribution is 6.30. The molecule has 0 aliphatic rings. The van der Waals surface area contributed by atoms with Crippen LogP contribution in [0.1, 0.15) is 25.5 Å². The van der Waals surface area contributed by atoms with Gasteiger partial charge in [0.15, 0.2) is 0 Å². The van der Waals surface area contributed by atoms with Gasteiger partial charge in [-0.15, -0.1) is 0 Å². The van der Waals surface area contributed by atoms with E-state index in [2.05, 4.69) is 0 Å². The smallest absolute Gasteiger partial charge is 0.231 e. The van der Waals surface area contributed by atoms with Gasteiger partial charge in [-0.3, -0.25) is 9.69 Å². The summed E-state index contributed by atoms with van der Waals surface area (Å²) in [5.74, 6) is -0.350. The number of amides is 1. The first-order chi connectivity index (χ1) is 8.45. The van der Waals surface area contributed by atoms with Gasteiger partial charge in [-0.05, 0) is 31.2 Å². The minimum absolute atomic E-state index is 0.0419. The minimum atomic E-state index is -0.350. The molecule has 0 aliphatic carbocycles. The quantitative estimate of drug-likeness (QED) is 0.823. The van der Waals surface area contributed by atoms with Crippen molar-refractivity contribution < 1.29 is 4.79 Å². The number of halogens is 1. The Bertz CT molecular complexity index is 392. The Hall–Kier alpha value is -1.10. The molecular formula is C13H20ClN3O. The normalized spacial score (nSPS) is 14.5. The Morgan fingerprint density at radius 3 is 2.33 bits per heavy atom. The highest BCUT2D eigenvalue weighted by atomic mass is 35.5. The number of carbonyl (C=O) groups excluding carboxylic acids is 1. The van der Waals surface area contributed by atoms with E-state index in [9.17, 15) is 4.79 Å². The molecule has 0 aliphatic heterocycles. The molecule has 0 saturated carbocycles. The van der Waals surface area contributed by atoms with Gasteiger partial charge in [-0.25, -0.2) is 0 Å². The number of rotatable bonds is 6. The second-order valence-corrected chi connectivity index (χ2v) is 4.82. The Morgan fingerprint density at radius 1 is 1.39 bits per heavy atom. The predicted octanol–water partition coefficient (Wildman–Crippen LogP) is 1.54. The molecule has 0 heterocycles. The number of benzene rings is 1. The van der Waals surface area contributed by atoms with Crippen LogP contribution < -0.4 is 11.5 Å². The molecule has 0 bridgehead atoms. The first kappa shape index (κ1) is 15.0. The highest BCUT2D eigenvalue weighted by Crippen LogP contribution is 2.24. The van der Waals surface area contributed by atoms with Crippen molar-refractivity contribution in [2.24, 2.45) is 11.5 Å². The summed E-state index contributed by atoms with van der Waals surface area (Å²) in [6, 6.07) is 7.36. The fourth-order valence-electron chi connectivity index (χ4n) is 2.11. The van der Waals surface area contributed by atoms with E-state index < -0.39 is 0 Å². The summed E-state index contributed by atoms with van der Waals surface area (Å²) in [6.07, 6.45) is 0. The largest absolute Gasteiger partial charge is 0.369 e. The Kier molecular flexibility index (Phi) is 5.59. The van der Waals surface area contributed by atoms with Crippen molar-refractivity contribution >= 4 is 17.5 Å². The third-order valence-corrected chi connectivity index (χ3v) is 3.12. The third-order valence-electron chi connectivity index (χ3n) is 2.87. The molecule has 5 heteroatoms. The maximum Gasteiger partial charge on any atom is 0.231 e. The summed E-state index contributed by atoms with van der Waals surface area (Å²) in [6.45, 7) is 4.81. The molecule has 4 N–H and O–H groups in total. The standard InChI is InChI=1S/C13H20ClN3O/c1-3-17(8-12(16)18)13(9(2)15)10-4-6-11(14)7-5-10/h4-7,9,13H,3,8,15H2,1-2H3,(H2,16,18). The van der Waals surface area contributed by atoms with Crippen molar-refractivity contribution in [3.8, 4) is 0 Å². The molecular weight excluding hydrogens is 250 g/mol. The van der Waals surface area contributed by atoms with Gasteiger partial charge < -0.3 is 11.5 Å². The zero-order valence-electron chi connectivity index (χ0n) is 10.8. The van der Waals surface area contributed by atoms with Gasteiger partial charge in [-0.1, -0.05) is 30.7 Å². The lowest BCUT2D eigenvalue weighted by molar-refractivity contribution is -0.119. The van der Waals surface area contributed by atoms with E-state index in [-0.39, 0.29) is 24.5 Å². The lowest BCUT2D eigenvalue weighted by atomic mass is 9.99. The number of primary amides is 1. The van der Waals surface area contributed by atoms with Crippen molar-refractivity contribution in [3.63, 3.8) is 0 Å². The van der Waals surface area contributed by atoms with E-state index in [0.717, 1.165) is 5.56 Å². The molecule has 18 heavy (non-hydrogen) atoms. The summed E-state index contributed by atoms with van der Waals surface area (Å²) in [7, 11) is 0. The SMILES string of the molecule is CCN(CC(N)=O)C(c1ccc(Cl)cc1)C(C)N. The first-order valence-corrected chi connectivity index (χ1v) is 6.37. The second-order valence-electron chi connectivity index (χ2n) is 4.38. The summed E-state index contributed by atoms with van der Waals surface area (Å²) in [4.78, 5) is 13.1. The van der Waals surface area contributed by atoms with Gasteiger partial charge in [0.1, 0.15) is 0 Å². The minimum Gasteiger partial charge on any atom is -0.369 e. The van der Waals surface area contributed by atoms with E-state index in [1.54, 1.807) is 0 Å². The van der Waals surface area contributed by atoms with Crippen LogP contribution in [0.4, 0.5) is 0 Å². The summed E-state index contributed by atoms with van der Waals surface area (Å²) in [5, 5.41) is 0.681. The van der Waals surface area contributed by atoms with E-state index in [0.29, 0.717) is 11.6 Å². The van der Waals surface area contributed by atoms with E-state index in [1.807, 2.05) is 43.0 Å². The molecule has 0 aromatic heterocycles. The van der Waals surface area contributed by atoms with Crippen LogP contribution >= 0.6 is 11.6 Å². The molecule has 1 aromatic carbocycles. The summed E-state index contributed by atoms with van der Waals surface area (Å²) < 4.78 is 0. The number of hydrogen-bond acceptors (Lipinski definition) is 3. The van der Waals surface area contributed by atoms with Gasteiger partial charge in [0.25, 0.3) is 0 Å². The molecule has 0 radical (unpaired) electrons. The number of carbonyl (C=O) groups is 1. The average Bonchev–Trinajstić information content (AvgIpc) is 2.29. The number of nitrogens with two attached hydrogens (primary N) is 2. The first-order valence-electron chi connectivity index (χ1n) is 5.99. The molecule has 1 rings (SSSR count). The molecule has 1 amide bonds. The lowest BCUT2D eigenvalue weighted by Crippen LogP contribution is -2.43. The van der Waals surface area contributed by atoms with Crippen molar-refractivity contribution in [2.75, 3.05) is 13.1 Å². The van der Waals surface area contributed by atoms with Crippen LogP contribution in [0.25, 0.3) is 0 Å². The fraction of sp³-hybridized carbons (Fsp3) is 0.462. The summed E-state index contributed by atoms with van der Waals surface area (Å²) >= 11 is 5.87. The Balaban J connectivity index is 3.00. The monoisotopic (exact) mass is 269 g/mol. The molecule has 1 aromatic rings. The van der Waals surface area contributed by atoms with Gasteiger partial charge in [-0.2, -0.15) is 0 Å². The maximum atomic E-state index is 11.1. The lowest BCUT2D eigenvalue weighted by Gasteiger charge is -2.33. The van der Waals surface area contributed by atoms with Crippen LogP contribution in [0.2, 0.25) is 5.02 Å². The molecule has 0 saturated heterocycles. The van der Waals surface area contributed by atoms with Crippen LogP contribution in [0.3, 0.4) is 0 Å². The Morgan fingerprint density at radius 2 is 1.94 bits per heavy atom. The van der Waals surface area contributed by atoms with E-state index >= 15 is 0 Å². The van der Waals surface area contributed by atoms with Gasteiger partial charge in [0, 0.05) is 11.1 Å². The number of hydrogen-bond donors (Lipinski definition) is 2. The van der Waals surface area contributed by atoms with Crippen molar-refractivity contribution in [2.45, 2.75) is 25.9 Å². The molecule has 0 fully saturated rings. The van der Waals surface area contributed by atoms with Crippen molar-refractivity contribution in [3.05, 3.63) is 34.9 Å². The van der Waals surface area contributed by atoms with Crippen LogP contribution in [-0.2, 0) is 4.79 Å². The third kappa shape index (κ3) is 3.98. The van der Waals surface area contributed by atoms with Gasteiger partial charge in [0.05, 0.1) is 12.6 Å². The van der Waals surface area contributed by atoms with Gasteiger partial charge >= 0.3 is 0 Å². The van der Waals surface area contributed by atoms with Crippen LogP contribution in [0, 0.1) is 0 Å². The Labute approximate surface area is 113 Å². The zero-order valence-corrected chi connectivity index (χ0v) is 11.5. The van der Waals surface area contributed by atoms with Crippen LogP contribution in [0.15, 0.2) is 24.3 Å². The van der Waals surface area contributed by atoms with Crippen LogP contribution in [0.5, 0.6) is 0 Å². The fourth-order valence-corrected chi connectivity index (χ4v) is 2.24. The van der Waals surface area contributed by atoms with Crippen molar-refractivity contribution in [1.82, 2.24) is 4.90 Å². The molecule has 100 valence electrons. The molecule has 2 atom stereocenters. The highest BCUT2D eigenvalue weighted by Gasteiger charge is 2.23. The molecule has 2 unspecified atom stereocenters. The molecule has 4 nitrogen and oxygen atoms in total. The van der Waals surface area contributed by atoms with E-state index in [4.69, 9.17) is 23.1 Å². The second kappa shape index (κ2) is 6.73. The predicted molar refractivity (Wildman–Crippen MR) is 74.3 cm³/mol. The maximum absolute atomic E-state index is 11.1. The number of nitrogens with zero attached hydrogens (tertiary/aromatic N) is 1. The van der Waals surface area contributed by atoms with Crippen molar-refractivity contribution in [1.29, 1.82) is 0 Å². The molecule has 0 spiro atoms. The summed E-state index contributed by atoms with van der Waals surface area (Å²) in [5.41, 5.74) is 12.3. The zero-order chi connectivity index (χ0) is 13.7. The number of likely N-dealkylation sites (N-methyl/N-ethyl adjacent to an activating group) is 1.